The molecular formula is C16H25ClN2O2. The number of carbonyl (C=O) groups excluding carboxylic acids is 1. The molecule has 118 valence electrons. The smallest absolute Gasteiger partial charge is 0.253 e. The Kier molecular flexibility index (Phi) is 7.15. The van der Waals surface area contributed by atoms with Gasteiger partial charge in [0.05, 0.1) is 0 Å². The number of carbonyl (C=O) groups is 1. The van der Waals surface area contributed by atoms with E-state index in [2.05, 4.69) is 31.2 Å². The number of methoxy groups -OCH3 is 1. The van der Waals surface area contributed by atoms with Gasteiger partial charge in [0.2, 0.25) is 0 Å². The second-order valence-electron chi connectivity index (χ2n) is 5.33. The van der Waals surface area contributed by atoms with E-state index < -0.39 is 6.10 Å². The van der Waals surface area contributed by atoms with Crippen LogP contribution >= 0.6 is 12.4 Å². The molecule has 0 bridgehead atoms. The van der Waals surface area contributed by atoms with Gasteiger partial charge in [0, 0.05) is 26.2 Å². The van der Waals surface area contributed by atoms with Crippen molar-refractivity contribution < 1.29 is 9.53 Å². The van der Waals surface area contributed by atoms with Crippen molar-refractivity contribution in [3.05, 3.63) is 35.4 Å². The zero-order valence-corrected chi connectivity index (χ0v) is 13.6. The van der Waals surface area contributed by atoms with E-state index in [1.807, 2.05) is 4.90 Å². The molecule has 1 fully saturated rings. The van der Waals surface area contributed by atoms with Crippen LogP contribution in [-0.2, 0) is 22.5 Å². The second kappa shape index (κ2) is 8.37. The molecule has 21 heavy (non-hydrogen) atoms. The molecule has 4 nitrogen and oxygen atoms in total. The lowest BCUT2D eigenvalue weighted by atomic mass is 10.1. The van der Waals surface area contributed by atoms with Crippen LogP contribution in [0.2, 0.25) is 0 Å². The number of ether oxygens (including phenoxy) is 1. The summed E-state index contributed by atoms with van der Waals surface area (Å²) in [6.45, 7) is 3.01. The fourth-order valence-electron chi connectivity index (χ4n) is 2.33. The molecular weight excluding hydrogens is 288 g/mol. The minimum absolute atomic E-state index is 0. The Morgan fingerprint density at radius 1 is 1.33 bits per heavy atom. The van der Waals surface area contributed by atoms with Gasteiger partial charge in [0.15, 0.2) is 0 Å². The van der Waals surface area contributed by atoms with Gasteiger partial charge in [0.25, 0.3) is 5.91 Å². The number of hydrogen-bond donors (Lipinski definition) is 1. The molecule has 1 aromatic carbocycles. The minimum atomic E-state index is -0.523. The van der Waals surface area contributed by atoms with Gasteiger partial charge in [-0.1, -0.05) is 31.2 Å². The molecule has 0 radical (unpaired) electrons. The summed E-state index contributed by atoms with van der Waals surface area (Å²) in [7, 11) is 1.54. The van der Waals surface area contributed by atoms with Crippen molar-refractivity contribution in [2.24, 2.45) is 5.73 Å². The zero-order valence-electron chi connectivity index (χ0n) is 12.7. The number of benzene rings is 1. The highest BCUT2D eigenvalue weighted by atomic mass is 35.5. The van der Waals surface area contributed by atoms with Crippen LogP contribution in [0.25, 0.3) is 0 Å². The third-order valence-electron chi connectivity index (χ3n) is 3.83. The van der Waals surface area contributed by atoms with Crippen LogP contribution in [0.4, 0.5) is 0 Å². The van der Waals surface area contributed by atoms with Crippen LogP contribution in [0.1, 0.15) is 30.9 Å². The average Bonchev–Trinajstić information content (AvgIpc) is 3.31. The molecule has 2 N–H and O–H groups in total. The lowest BCUT2D eigenvalue weighted by Gasteiger charge is -2.26. The van der Waals surface area contributed by atoms with E-state index in [-0.39, 0.29) is 24.9 Å². The Balaban J connectivity index is 0.00000220. The van der Waals surface area contributed by atoms with Crippen molar-refractivity contribution in [1.29, 1.82) is 0 Å². The predicted octanol–water partition coefficient (Wildman–Crippen LogP) is 2.14. The molecule has 1 amide bonds. The lowest BCUT2D eigenvalue weighted by Crippen LogP contribution is -2.44. The van der Waals surface area contributed by atoms with Crippen LogP contribution in [0.3, 0.4) is 0 Å². The monoisotopic (exact) mass is 312 g/mol. The molecule has 5 heteroatoms. The maximum Gasteiger partial charge on any atom is 0.253 e. The summed E-state index contributed by atoms with van der Waals surface area (Å²) < 4.78 is 5.18. The zero-order chi connectivity index (χ0) is 14.5. The second-order valence-corrected chi connectivity index (χ2v) is 5.33. The maximum atomic E-state index is 12.4. The molecule has 0 aromatic heterocycles. The summed E-state index contributed by atoms with van der Waals surface area (Å²) in [6.07, 6.45) is 2.68. The van der Waals surface area contributed by atoms with Gasteiger partial charge in [-0.05, 0) is 30.4 Å². The summed E-state index contributed by atoms with van der Waals surface area (Å²) >= 11 is 0. The number of hydrogen-bond acceptors (Lipinski definition) is 3. The first-order valence-corrected chi connectivity index (χ1v) is 7.30. The van der Waals surface area contributed by atoms with Gasteiger partial charge in [0.1, 0.15) is 6.10 Å². The van der Waals surface area contributed by atoms with E-state index in [0.717, 1.165) is 24.8 Å². The third kappa shape index (κ3) is 4.70. The van der Waals surface area contributed by atoms with Gasteiger partial charge in [-0.2, -0.15) is 0 Å². The summed E-state index contributed by atoms with van der Waals surface area (Å²) in [5, 5.41) is 0. The van der Waals surface area contributed by atoms with Crippen LogP contribution in [-0.4, -0.2) is 36.6 Å². The SMILES string of the molecule is CCc1ccc(CN(C(=O)C(CN)OC)C2CC2)cc1.Cl. The first-order valence-electron chi connectivity index (χ1n) is 7.30. The summed E-state index contributed by atoms with van der Waals surface area (Å²) in [5.41, 5.74) is 8.08. The van der Waals surface area contributed by atoms with Gasteiger partial charge in [-0.15, -0.1) is 12.4 Å². The highest BCUT2D eigenvalue weighted by Crippen LogP contribution is 2.29. The van der Waals surface area contributed by atoms with E-state index in [0.29, 0.717) is 12.6 Å². The van der Waals surface area contributed by atoms with E-state index in [9.17, 15) is 4.79 Å². The van der Waals surface area contributed by atoms with Gasteiger partial charge >= 0.3 is 0 Å². The van der Waals surface area contributed by atoms with Crippen LogP contribution in [0.15, 0.2) is 24.3 Å². The van der Waals surface area contributed by atoms with Gasteiger partial charge in [-0.3, -0.25) is 4.79 Å². The van der Waals surface area contributed by atoms with Crippen LogP contribution in [0.5, 0.6) is 0 Å². The van der Waals surface area contributed by atoms with E-state index in [4.69, 9.17) is 10.5 Å². The number of nitrogens with zero attached hydrogens (tertiary/aromatic N) is 1. The van der Waals surface area contributed by atoms with Crippen molar-refractivity contribution in [3.8, 4) is 0 Å². The lowest BCUT2D eigenvalue weighted by molar-refractivity contribution is -0.142. The van der Waals surface area contributed by atoms with Crippen molar-refractivity contribution in [2.45, 2.75) is 44.9 Å². The Morgan fingerprint density at radius 2 is 1.90 bits per heavy atom. The molecule has 0 saturated heterocycles. The first-order chi connectivity index (χ1) is 9.69. The Morgan fingerprint density at radius 3 is 2.33 bits per heavy atom. The van der Waals surface area contributed by atoms with E-state index in [1.165, 1.54) is 12.7 Å². The molecule has 0 spiro atoms. The largest absolute Gasteiger partial charge is 0.370 e. The van der Waals surface area contributed by atoms with Crippen LogP contribution in [0, 0.1) is 0 Å². The Hall–Kier alpha value is -1.10. The molecule has 1 aliphatic rings. The van der Waals surface area contributed by atoms with Gasteiger partial charge < -0.3 is 15.4 Å². The summed E-state index contributed by atoms with van der Waals surface area (Å²) in [4.78, 5) is 14.4. The average molecular weight is 313 g/mol. The highest BCUT2D eigenvalue weighted by Gasteiger charge is 2.35. The molecule has 0 heterocycles. The standard InChI is InChI=1S/C16H24N2O2.ClH/c1-3-12-4-6-13(7-5-12)11-18(14-8-9-14)16(19)15(10-17)20-2;/h4-7,14-15H,3,8-11,17H2,1-2H3;1H. The molecule has 1 aliphatic carbocycles. The number of nitrogens with two attached hydrogens (primary N) is 1. The molecule has 1 saturated carbocycles. The third-order valence-corrected chi connectivity index (χ3v) is 3.83. The van der Waals surface area contributed by atoms with Crippen molar-refractivity contribution in [1.82, 2.24) is 4.90 Å². The summed E-state index contributed by atoms with van der Waals surface area (Å²) in [5.74, 6) is 0.0112. The fraction of sp³-hybridized carbons (Fsp3) is 0.562. The van der Waals surface area contributed by atoms with E-state index >= 15 is 0 Å². The molecule has 2 rings (SSSR count). The Labute approximate surface area is 133 Å². The van der Waals surface area contributed by atoms with Crippen molar-refractivity contribution in [3.63, 3.8) is 0 Å². The maximum absolute atomic E-state index is 12.4. The number of rotatable bonds is 7. The molecule has 1 atom stereocenters. The normalized spacial score (nSPS) is 15.2. The predicted molar refractivity (Wildman–Crippen MR) is 86.5 cm³/mol. The van der Waals surface area contributed by atoms with Crippen LogP contribution < -0.4 is 5.73 Å². The highest BCUT2D eigenvalue weighted by molar-refractivity contribution is 5.85. The number of aryl methyl sites for hydroxylation is 1. The quantitative estimate of drug-likeness (QED) is 0.839. The number of halogens is 1. The Bertz CT molecular complexity index is 442. The molecule has 0 aliphatic heterocycles. The van der Waals surface area contributed by atoms with Gasteiger partial charge in [-0.25, -0.2) is 0 Å². The molecule has 1 unspecified atom stereocenters. The van der Waals surface area contributed by atoms with E-state index in [1.54, 1.807) is 0 Å². The summed E-state index contributed by atoms with van der Waals surface area (Å²) in [6, 6.07) is 8.82. The molecule has 1 aromatic rings. The number of amides is 1. The fourth-order valence-corrected chi connectivity index (χ4v) is 2.33. The van der Waals surface area contributed by atoms with Crippen molar-refractivity contribution in [2.75, 3.05) is 13.7 Å². The topological polar surface area (TPSA) is 55.6 Å². The first kappa shape index (κ1) is 18.0. The minimum Gasteiger partial charge on any atom is -0.370 e. The van der Waals surface area contributed by atoms with Crippen molar-refractivity contribution >= 4 is 18.3 Å².